The largest absolute Gasteiger partial charge is 0.492 e. The van der Waals surface area contributed by atoms with Crippen molar-refractivity contribution in [3.63, 3.8) is 0 Å². The summed E-state index contributed by atoms with van der Waals surface area (Å²) in [5, 5.41) is 19.0. The molecule has 0 aliphatic rings. The number of ether oxygens (including phenoxy) is 1. The molecule has 1 amide bonds. The molecule has 0 aromatic heterocycles. The van der Waals surface area contributed by atoms with Gasteiger partial charge in [-0.1, -0.05) is 6.07 Å². The minimum atomic E-state index is -4.06. The molecule has 10 nitrogen and oxygen atoms in total. The lowest BCUT2D eigenvalue weighted by molar-refractivity contribution is -0.384. The summed E-state index contributed by atoms with van der Waals surface area (Å²) in [6.07, 6.45) is 0.0914. The number of carbonyl (C=O) groups is 1. The van der Waals surface area contributed by atoms with Crippen LogP contribution in [0.1, 0.15) is 17.5 Å². The average molecular weight is 451 g/mol. The highest BCUT2D eigenvalue weighted by Gasteiger charge is 2.19. The molecule has 0 radical (unpaired) electrons. The molecule has 0 fully saturated rings. The van der Waals surface area contributed by atoms with Crippen molar-refractivity contribution in [3.05, 3.63) is 57.6 Å². The average Bonchev–Trinajstić information content (AvgIpc) is 2.66. The number of rotatable bonds is 10. The number of carbonyl (C=O) groups excluding carboxylic acids is 1. The van der Waals surface area contributed by atoms with Crippen molar-refractivity contribution in [2.75, 3.05) is 32.1 Å². The number of aryl methyl sites for hydroxylation is 2. The van der Waals surface area contributed by atoms with E-state index in [0.29, 0.717) is 13.2 Å². The summed E-state index contributed by atoms with van der Waals surface area (Å²) >= 11 is 0. The van der Waals surface area contributed by atoms with E-state index < -0.39 is 20.6 Å². The number of nitrogens with zero attached hydrogens (tertiary/aromatic N) is 2. The lowest BCUT2D eigenvalue weighted by Crippen LogP contribution is -2.32. The van der Waals surface area contributed by atoms with Crippen molar-refractivity contribution >= 4 is 27.3 Å². The summed E-state index contributed by atoms with van der Waals surface area (Å²) in [6.45, 7) is 4.81. The van der Waals surface area contributed by atoms with Crippen LogP contribution in [0.15, 0.2) is 41.3 Å². The van der Waals surface area contributed by atoms with Crippen LogP contribution in [0.4, 0.5) is 11.4 Å². The van der Waals surface area contributed by atoms with Gasteiger partial charge < -0.3 is 15.0 Å². The van der Waals surface area contributed by atoms with Crippen molar-refractivity contribution in [2.45, 2.75) is 25.2 Å². The Bertz CT molecular complexity index is 1050. The Balaban J connectivity index is 1.86. The lowest BCUT2D eigenvalue weighted by atomic mass is 10.1. The van der Waals surface area contributed by atoms with Gasteiger partial charge in [-0.05, 0) is 49.2 Å². The number of hydrogen-bond acceptors (Lipinski definition) is 7. The number of sulfonamides is 1. The second-order valence-corrected chi connectivity index (χ2v) is 8.71. The van der Waals surface area contributed by atoms with Gasteiger partial charge in [-0.25, -0.2) is 13.6 Å². The fourth-order valence-corrected chi connectivity index (χ4v) is 3.46. The third-order valence-corrected chi connectivity index (χ3v) is 5.38. The maximum absolute atomic E-state index is 12.3. The molecule has 2 aromatic carbocycles. The van der Waals surface area contributed by atoms with Gasteiger partial charge in [0.15, 0.2) is 0 Å². The highest BCUT2D eigenvalue weighted by molar-refractivity contribution is 7.89. The van der Waals surface area contributed by atoms with Crippen molar-refractivity contribution in [3.8, 4) is 5.75 Å². The van der Waals surface area contributed by atoms with Gasteiger partial charge in [0.2, 0.25) is 15.9 Å². The highest BCUT2D eigenvalue weighted by atomic mass is 32.2. The van der Waals surface area contributed by atoms with E-state index in [4.69, 9.17) is 9.88 Å². The molecule has 31 heavy (non-hydrogen) atoms. The summed E-state index contributed by atoms with van der Waals surface area (Å²) in [4.78, 5) is 24.0. The zero-order chi connectivity index (χ0) is 23.2. The highest BCUT2D eigenvalue weighted by Crippen LogP contribution is 2.27. The van der Waals surface area contributed by atoms with Gasteiger partial charge in [-0.15, -0.1) is 0 Å². The fraction of sp³-hybridized carbons (Fsp3) is 0.350. The van der Waals surface area contributed by atoms with Crippen LogP contribution < -0.4 is 15.2 Å². The zero-order valence-corrected chi connectivity index (χ0v) is 18.4. The van der Waals surface area contributed by atoms with E-state index in [-0.39, 0.29) is 29.5 Å². The van der Waals surface area contributed by atoms with Crippen molar-refractivity contribution in [2.24, 2.45) is 5.14 Å². The van der Waals surface area contributed by atoms with Crippen molar-refractivity contribution in [1.82, 2.24) is 4.90 Å². The number of nitro benzene ring substituents is 1. The number of likely N-dealkylation sites (N-methyl/N-ethyl adjacent to an activating group) is 1. The molecule has 0 bridgehead atoms. The summed E-state index contributed by atoms with van der Waals surface area (Å²) in [7, 11) is -2.41. The van der Waals surface area contributed by atoms with E-state index in [0.717, 1.165) is 22.9 Å². The van der Waals surface area contributed by atoms with Gasteiger partial charge >= 0.3 is 0 Å². The van der Waals surface area contributed by atoms with Gasteiger partial charge in [0.05, 0.1) is 16.4 Å². The maximum Gasteiger partial charge on any atom is 0.293 e. The topological polar surface area (TPSA) is 145 Å². The van der Waals surface area contributed by atoms with Crippen LogP contribution in [-0.4, -0.2) is 50.9 Å². The molecule has 0 heterocycles. The first-order chi connectivity index (χ1) is 14.5. The summed E-state index contributed by atoms with van der Waals surface area (Å²) in [5.41, 5.74) is 1.86. The van der Waals surface area contributed by atoms with Gasteiger partial charge in [0, 0.05) is 26.1 Å². The van der Waals surface area contributed by atoms with E-state index >= 15 is 0 Å². The van der Waals surface area contributed by atoms with Crippen molar-refractivity contribution in [1.29, 1.82) is 0 Å². The van der Waals surface area contributed by atoms with E-state index in [9.17, 15) is 23.3 Å². The lowest BCUT2D eigenvalue weighted by Gasteiger charge is -2.18. The molecule has 0 aliphatic carbocycles. The third kappa shape index (κ3) is 7.23. The minimum Gasteiger partial charge on any atom is -0.492 e. The predicted octanol–water partition coefficient (Wildman–Crippen LogP) is 2.20. The number of nitrogens with one attached hydrogen (secondary N) is 1. The number of amides is 1. The molecule has 2 aromatic rings. The van der Waals surface area contributed by atoms with Gasteiger partial charge in [-0.2, -0.15) is 0 Å². The van der Waals surface area contributed by atoms with Crippen LogP contribution in [0.5, 0.6) is 5.75 Å². The number of primary sulfonamides is 1. The summed E-state index contributed by atoms with van der Waals surface area (Å²) in [5.74, 6) is 0.579. The molecular formula is C20H26N4O6S. The summed E-state index contributed by atoms with van der Waals surface area (Å²) in [6, 6.07) is 9.20. The molecule has 3 N–H and O–H groups in total. The van der Waals surface area contributed by atoms with Crippen LogP contribution in [0.2, 0.25) is 0 Å². The standard InChI is InChI=1S/C20H26N4O6S/c1-14-10-15(2)12-16(11-14)30-9-8-23(3)20(25)6-7-22-18-5-4-17(31(21,28)29)13-19(18)24(26)27/h4-5,10-13,22H,6-9H2,1-3H3,(H2,21,28,29). The molecule has 2 rings (SSSR count). The molecule has 0 spiro atoms. The van der Waals surface area contributed by atoms with Crippen LogP contribution in [0.3, 0.4) is 0 Å². The molecule has 0 saturated carbocycles. The smallest absolute Gasteiger partial charge is 0.293 e. The number of nitro groups is 1. The maximum atomic E-state index is 12.3. The zero-order valence-electron chi connectivity index (χ0n) is 17.6. The van der Waals surface area contributed by atoms with E-state index in [1.54, 1.807) is 7.05 Å². The van der Waals surface area contributed by atoms with E-state index in [1.165, 1.54) is 17.0 Å². The number of anilines is 1. The van der Waals surface area contributed by atoms with Crippen molar-refractivity contribution < 1.29 is 22.9 Å². The Morgan fingerprint density at radius 1 is 1.19 bits per heavy atom. The van der Waals surface area contributed by atoms with Crippen LogP contribution >= 0.6 is 0 Å². The fourth-order valence-electron chi connectivity index (χ4n) is 2.93. The third-order valence-electron chi connectivity index (χ3n) is 4.47. The second-order valence-electron chi connectivity index (χ2n) is 7.15. The summed E-state index contributed by atoms with van der Waals surface area (Å²) < 4.78 is 28.5. The minimum absolute atomic E-state index is 0.0914. The monoisotopic (exact) mass is 450 g/mol. The molecule has 168 valence electrons. The molecular weight excluding hydrogens is 424 g/mol. The van der Waals surface area contributed by atoms with Crippen LogP contribution in [0, 0.1) is 24.0 Å². The Morgan fingerprint density at radius 3 is 2.42 bits per heavy atom. The molecule has 11 heteroatoms. The van der Waals surface area contributed by atoms with E-state index in [1.807, 2.05) is 32.0 Å². The first-order valence-corrected chi connectivity index (χ1v) is 11.0. The first kappa shape index (κ1) is 24.1. The molecule has 0 unspecified atom stereocenters. The molecule has 0 saturated heterocycles. The SMILES string of the molecule is Cc1cc(C)cc(OCCN(C)C(=O)CCNc2ccc(S(N)(=O)=O)cc2[N+](=O)[O-])c1. The van der Waals surface area contributed by atoms with Gasteiger partial charge in [0.25, 0.3) is 5.69 Å². The van der Waals surface area contributed by atoms with Gasteiger partial charge in [0.1, 0.15) is 18.0 Å². The number of nitrogens with two attached hydrogens (primary N) is 1. The molecule has 0 atom stereocenters. The Morgan fingerprint density at radius 2 is 1.84 bits per heavy atom. The predicted molar refractivity (Wildman–Crippen MR) is 117 cm³/mol. The first-order valence-electron chi connectivity index (χ1n) is 9.47. The molecule has 0 aliphatic heterocycles. The normalized spacial score (nSPS) is 11.1. The van der Waals surface area contributed by atoms with Gasteiger partial charge in [-0.3, -0.25) is 14.9 Å². The Hall–Kier alpha value is -3.18. The van der Waals surface area contributed by atoms with E-state index in [2.05, 4.69) is 5.32 Å². The Labute approximate surface area is 181 Å². The van der Waals surface area contributed by atoms with Crippen LogP contribution in [-0.2, 0) is 14.8 Å². The van der Waals surface area contributed by atoms with Crippen LogP contribution in [0.25, 0.3) is 0 Å². The Kier molecular flexibility index (Phi) is 7.95. The quantitative estimate of drug-likeness (QED) is 0.417. The number of hydrogen-bond donors (Lipinski definition) is 2. The number of benzene rings is 2. The second kappa shape index (κ2) is 10.2.